The fourth-order valence-corrected chi connectivity index (χ4v) is 3.71. The highest BCUT2D eigenvalue weighted by Gasteiger charge is 2.39. The molecule has 1 aliphatic heterocycles. The van der Waals surface area contributed by atoms with E-state index in [9.17, 15) is 4.79 Å². The zero-order chi connectivity index (χ0) is 15.1. The highest BCUT2D eigenvalue weighted by atomic mass is 16.2. The van der Waals surface area contributed by atoms with Gasteiger partial charge in [0, 0.05) is 13.1 Å². The van der Waals surface area contributed by atoms with Gasteiger partial charge in [0.1, 0.15) is 0 Å². The third kappa shape index (κ3) is 4.68. The Balaban J connectivity index is 1.67. The van der Waals surface area contributed by atoms with Crippen LogP contribution in [-0.4, -0.2) is 43.5 Å². The first-order chi connectivity index (χ1) is 10.2. The molecule has 2 rings (SSSR count). The van der Waals surface area contributed by atoms with E-state index >= 15 is 0 Å². The summed E-state index contributed by atoms with van der Waals surface area (Å²) in [6.45, 7) is 7.16. The fourth-order valence-electron chi connectivity index (χ4n) is 3.71. The zero-order valence-electron chi connectivity index (χ0n) is 13.7. The van der Waals surface area contributed by atoms with Crippen LogP contribution in [0.2, 0.25) is 0 Å². The van der Waals surface area contributed by atoms with Crippen molar-refractivity contribution in [2.75, 3.05) is 32.7 Å². The molecule has 0 radical (unpaired) electrons. The first-order valence-corrected chi connectivity index (χ1v) is 8.87. The SMILES string of the molecule is CC1CCC(CN)(C(=O)NCCCN2CCCCC2)CC1. The molecule has 0 atom stereocenters. The summed E-state index contributed by atoms with van der Waals surface area (Å²) in [6.07, 6.45) is 9.30. The number of carbonyl (C=O) groups is 1. The molecule has 21 heavy (non-hydrogen) atoms. The van der Waals surface area contributed by atoms with Crippen molar-refractivity contribution in [2.45, 2.75) is 58.3 Å². The van der Waals surface area contributed by atoms with Crippen molar-refractivity contribution in [3.63, 3.8) is 0 Å². The quantitative estimate of drug-likeness (QED) is 0.738. The van der Waals surface area contributed by atoms with Crippen LogP contribution in [0.4, 0.5) is 0 Å². The summed E-state index contributed by atoms with van der Waals surface area (Å²) in [6, 6.07) is 0. The van der Waals surface area contributed by atoms with Crippen LogP contribution < -0.4 is 11.1 Å². The first kappa shape index (κ1) is 16.8. The van der Waals surface area contributed by atoms with Gasteiger partial charge in [-0.1, -0.05) is 13.3 Å². The molecule has 2 aliphatic rings. The van der Waals surface area contributed by atoms with E-state index in [0.29, 0.717) is 6.54 Å². The second-order valence-corrected chi connectivity index (χ2v) is 7.18. The van der Waals surface area contributed by atoms with Crippen LogP contribution in [0.1, 0.15) is 58.3 Å². The van der Waals surface area contributed by atoms with Crippen LogP contribution in [0.25, 0.3) is 0 Å². The van der Waals surface area contributed by atoms with Crippen LogP contribution in [0, 0.1) is 11.3 Å². The van der Waals surface area contributed by atoms with E-state index in [-0.39, 0.29) is 11.3 Å². The Morgan fingerprint density at radius 1 is 1.24 bits per heavy atom. The highest BCUT2D eigenvalue weighted by Crippen LogP contribution is 2.38. The molecule has 1 aliphatic carbocycles. The molecule has 1 saturated carbocycles. The summed E-state index contributed by atoms with van der Waals surface area (Å²) in [5.41, 5.74) is 5.66. The van der Waals surface area contributed by atoms with Gasteiger partial charge in [-0.2, -0.15) is 0 Å². The number of rotatable bonds is 6. The lowest BCUT2D eigenvalue weighted by Crippen LogP contribution is -2.48. The van der Waals surface area contributed by atoms with Crippen LogP contribution in [-0.2, 0) is 4.79 Å². The molecule has 1 amide bonds. The van der Waals surface area contributed by atoms with Crippen molar-refractivity contribution in [1.82, 2.24) is 10.2 Å². The molecule has 3 N–H and O–H groups in total. The Bertz CT molecular complexity index is 318. The topological polar surface area (TPSA) is 58.4 Å². The molecule has 1 heterocycles. The van der Waals surface area contributed by atoms with Gasteiger partial charge in [-0.3, -0.25) is 4.79 Å². The van der Waals surface area contributed by atoms with Gasteiger partial charge in [0.05, 0.1) is 5.41 Å². The minimum absolute atomic E-state index is 0.204. The number of nitrogens with one attached hydrogen (secondary N) is 1. The first-order valence-electron chi connectivity index (χ1n) is 8.87. The summed E-state index contributed by atoms with van der Waals surface area (Å²) >= 11 is 0. The lowest BCUT2D eigenvalue weighted by atomic mass is 9.70. The largest absolute Gasteiger partial charge is 0.356 e. The van der Waals surface area contributed by atoms with Crippen molar-refractivity contribution in [3.05, 3.63) is 0 Å². The minimum Gasteiger partial charge on any atom is -0.356 e. The van der Waals surface area contributed by atoms with E-state index < -0.39 is 0 Å². The van der Waals surface area contributed by atoms with Gasteiger partial charge in [-0.25, -0.2) is 0 Å². The monoisotopic (exact) mass is 295 g/mol. The van der Waals surface area contributed by atoms with Gasteiger partial charge >= 0.3 is 0 Å². The van der Waals surface area contributed by atoms with Gasteiger partial charge in [0.25, 0.3) is 0 Å². The van der Waals surface area contributed by atoms with Crippen LogP contribution in [0.5, 0.6) is 0 Å². The van der Waals surface area contributed by atoms with E-state index in [1.165, 1.54) is 32.4 Å². The van der Waals surface area contributed by atoms with Gasteiger partial charge in [0.15, 0.2) is 0 Å². The summed E-state index contributed by atoms with van der Waals surface area (Å²) in [5, 5.41) is 3.15. The van der Waals surface area contributed by atoms with E-state index in [0.717, 1.165) is 51.1 Å². The number of nitrogens with two attached hydrogens (primary N) is 1. The maximum absolute atomic E-state index is 12.5. The smallest absolute Gasteiger partial charge is 0.227 e. The van der Waals surface area contributed by atoms with E-state index in [2.05, 4.69) is 17.1 Å². The molecule has 0 aromatic heterocycles. The van der Waals surface area contributed by atoms with E-state index in [4.69, 9.17) is 5.73 Å². The van der Waals surface area contributed by atoms with E-state index in [1.54, 1.807) is 0 Å². The number of hydrogen-bond acceptors (Lipinski definition) is 3. The van der Waals surface area contributed by atoms with Crippen molar-refractivity contribution < 1.29 is 4.79 Å². The Hall–Kier alpha value is -0.610. The van der Waals surface area contributed by atoms with Crippen molar-refractivity contribution >= 4 is 5.91 Å². The molecule has 2 fully saturated rings. The average molecular weight is 295 g/mol. The summed E-state index contributed by atoms with van der Waals surface area (Å²) in [4.78, 5) is 15.0. The van der Waals surface area contributed by atoms with Crippen molar-refractivity contribution in [1.29, 1.82) is 0 Å². The molecule has 1 saturated heterocycles. The molecule has 4 nitrogen and oxygen atoms in total. The summed E-state index contributed by atoms with van der Waals surface area (Å²) in [5.74, 6) is 0.951. The molecule has 0 aromatic carbocycles. The number of carbonyl (C=O) groups excluding carboxylic acids is 1. The van der Waals surface area contributed by atoms with Crippen molar-refractivity contribution in [2.24, 2.45) is 17.1 Å². The number of likely N-dealkylation sites (tertiary alicyclic amines) is 1. The average Bonchev–Trinajstić information content (AvgIpc) is 2.53. The normalized spacial score (nSPS) is 31.0. The highest BCUT2D eigenvalue weighted by molar-refractivity contribution is 5.83. The van der Waals surface area contributed by atoms with Crippen LogP contribution >= 0.6 is 0 Å². The zero-order valence-corrected chi connectivity index (χ0v) is 13.7. The standard InChI is InChI=1S/C17H33N3O/c1-15-6-8-17(14-18,9-7-15)16(21)19-10-5-13-20-11-3-2-4-12-20/h15H,2-14,18H2,1H3,(H,19,21). The van der Waals surface area contributed by atoms with Gasteiger partial charge in [-0.15, -0.1) is 0 Å². The lowest BCUT2D eigenvalue weighted by molar-refractivity contribution is -0.132. The van der Waals surface area contributed by atoms with Gasteiger partial charge < -0.3 is 16.0 Å². The Kier molecular flexibility index (Phi) is 6.49. The van der Waals surface area contributed by atoms with Gasteiger partial charge in [0.2, 0.25) is 5.91 Å². The number of amides is 1. The molecular weight excluding hydrogens is 262 g/mol. The van der Waals surface area contributed by atoms with Crippen LogP contribution in [0.15, 0.2) is 0 Å². The molecule has 0 bridgehead atoms. The predicted octanol–water partition coefficient (Wildman–Crippen LogP) is 2.13. The van der Waals surface area contributed by atoms with Crippen LogP contribution in [0.3, 0.4) is 0 Å². The molecule has 0 unspecified atom stereocenters. The minimum atomic E-state index is -0.280. The third-order valence-electron chi connectivity index (χ3n) is 5.49. The second kappa shape index (κ2) is 8.14. The summed E-state index contributed by atoms with van der Waals surface area (Å²) in [7, 11) is 0. The Morgan fingerprint density at radius 3 is 2.52 bits per heavy atom. The van der Waals surface area contributed by atoms with Gasteiger partial charge in [-0.05, 0) is 70.5 Å². The fraction of sp³-hybridized carbons (Fsp3) is 0.941. The molecule has 122 valence electrons. The maximum atomic E-state index is 12.5. The molecule has 4 heteroatoms. The maximum Gasteiger partial charge on any atom is 0.227 e. The Morgan fingerprint density at radius 2 is 1.90 bits per heavy atom. The predicted molar refractivity (Wildman–Crippen MR) is 87.0 cm³/mol. The van der Waals surface area contributed by atoms with E-state index in [1.807, 2.05) is 0 Å². The number of piperidine rings is 1. The number of hydrogen-bond donors (Lipinski definition) is 2. The summed E-state index contributed by atoms with van der Waals surface area (Å²) < 4.78 is 0. The van der Waals surface area contributed by atoms with Crippen molar-refractivity contribution in [3.8, 4) is 0 Å². The third-order valence-corrected chi connectivity index (χ3v) is 5.49. The second-order valence-electron chi connectivity index (χ2n) is 7.18. The molecule has 0 aromatic rings. The molecule has 0 spiro atoms. The molecular formula is C17H33N3O. The lowest BCUT2D eigenvalue weighted by Gasteiger charge is -2.37. The number of nitrogens with zero attached hydrogens (tertiary/aromatic N) is 1. The Labute approximate surface area is 129 Å².